The maximum Gasteiger partial charge on any atom is 0.338 e. The van der Waals surface area contributed by atoms with Gasteiger partial charge in [0.25, 0.3) is 5.56 Å². The first-order chi connectivity index (χ1) is 18.8. The van der Waals surface area contributed by atoms with Crippen molar-refractivity contribution in [2.45, 2.75) is 26.8 Å². The van der Waals surface area contributed by atoms with Crippen molar-refractivity contribution in [3.05, 3.63) is 107 Å². The van der Waals surface area contributed by atoms with Crippen molar-refractivity contribution >= 4 is 46.6 Å². The summed E-state index contributed by atoms with van der Waals surface area (Å²) < 4.78 is 19.2. The van der Waals surface area contributed by atoms with Crippen LogP contribution in [0.1, 0.15) is 38.1 Å². The normalized spacial score (nSPS) is 15.2. The summed E-state index contributed by atoms with van der Waals surface area (Å²) in [7, 11) is 0. The van der Waals surface area contributed by atoms with Crippen molar-refractivity contribution in [2.75, 3.05) is 13.2 Å². The van der Waals surface area contributed by atoms with Crippen molar-refractivity contribution in [1.29, 1.82) is 0 Å². The molecule has 1 aliphatic heterocycles. The number of hydrogen-bond acceptors (Lipinski definition) is 7. The minimum atomic E-state index is -0.775. The molecule has 4 aromatic rings. The molecule has 2 aromatic carbocycles. The van der Waals surface area contributed by atoms with Gasteiger partial charge in [-0.05, 0) is 57.2 Å². The second-order valence-corrected chi connectivity index (χ2v) is 10.5. The summed E-state index contributed by atoms with van der Waals surface area (Å²) >= 11 is 13.7. The molecule has 5 rings (SSSR count). The highest BCUT2D eigenvalue weighted by molar-refractivity contribution is 7.07. The van der Waals surface area contributed by atoms with Crippen LogP contribution in [0, 0.1) is 0 Å². The summed E-state index contributed by atoms with van der Waals surface area (Å²) in [6.07, 6.45) is 1.65. The van der Waals surface area contributed by atoms with E-state index in [1.807, 2.05) is 31.2 Å². The van der Waals surface area contributed by atoms with Crippen LogP contribution in [0.15, 0.2) is 80.1 Å². The topological polar surface area (TPSA) is 83.0 Å². The number of nitrogens with zero attached hydrogens (tertiary/aromatic N) is 2. The first kappa shape index (κ1) is 27.0. The van der Waals surface area contributed by atoms with Gasteiger partial charge in [-0.1, -0.05) is 52.7 Å². The monoisotopic (exact) mass is 582 g/mol. The smallest absolute Gasteiger partial charge is 0.338 e. The molecule has 0 radical (unpaired) electrons. The van der Waals surface area contributed by atoms with E-state index in [-0.39, 0.29) is 12.2 Å². The second-order valence-electron chi connectivity index (χ2n) is 8.60. The van der Waals surface area contributed by atoms with Crippen LogP contribution in [0.5, 0.6) is 5.75 Å². The predicted molar refractivity (Wildman–Crippen MR) is 152 cm³/mol. The van der Waals surface area contributed by atoms with Gasteiger partial charge in [0.05, 0.1) is 34.0 Å². The van der Waals surface area contributed by atoms with E-state index >= 15 is 0 Å². The number of thiazole rings is 1. The van der Waals surface area contributed by atoms with E-state index in [1.54, 1.807) is 50.3 Å². The number of para-hydroxylation sites is 1. The molecule has 1 aliphatic rings. The average Bonchev–Trinajstić information content (AvgIpc) is 3.49. The Morgan fingerprint density at radius 1 is 1.13 bits per heavy atom. The molecular formula is C29H24Cl2N2O5S. The van der Waals surface area contributed by atoms with Crippen LogP contribution in [0.3, 0.4) is 0 Å². The number of carbonyl (C=O) groups is 1. The van der Waals surface area contributed by atoms with Gasteiger partial charge >= 0.3 is 5.97 Å². The molecule has 0 fully saturated rings. The molecule has 3 heterocycles. The molecule has 39 heavy (non-hydrogen) atoms. The van der Waals surface area contributed by atoms with E-state index in [4.69, 9.17) is 37.1 Å². The molecule has 10 heteroatoms. The third-order valence-electron chi connectivity index (χ3n) is 6.12. The average molecular weight is 583 g/mol. The van der Waals surface area contributed by atoms with Crippen LogP contribution in [0.4, 0.5) is 0 Å². The van der Waals surface area contributed by atoms with Crippen LogP contribution in [-0.4, -0.2) is 23.8 Å². The number of rotatable bonds is 7. The summed E-state index contributed by atoms with van der Waals surface area (Å²) in [6, 6.07) is 15.2. The summed E-state index contributed by atoms with van der Waals surface area (Å²) in [4.78, 5) is 32.1. The Morgan fingerprint density at radius 3 is 2.69 bits per heavy atom. The molecular weight excluding hydrogens is 559 g/mol. The fourth-order valence-electron chi connectivity index (χ4n) is 4.47. The number of furan rings is 1. The lowest BCUT2D eigenvalue weighted by Gasteiger charge is -2.26. The molecule has 0 saturated carbocycles. The molecule has 1 atom stereocenters. The van der Waals surface area contributed by atoms with E-state index < -0.39 is 12.0 Å². The molecule has 0 amide bonds. The number of halogens is 2. The van der Waals surface area contributed by atoms with Gasteiger partial charge in [-0.15, -0.1) is 0 Å². The summed E-state index contributed by atoms with van der Waals surface area (Å²) in [5, 5.41) is 1.02. The zero-order chi connectivity index (χ0) is 27.7. The van der Waals surface area contributed by atoms with Gasteiger partial charge in [0.15, 0.2) is 4.80 Å². The zero-order valence-corrected chi connectivity index (χ0v) is 23.7. The Bertz CT molecular complexity index is 1780. The quantitative estimate of drug-likeness (QED) is 0.258. The van der Waals surface area contributed by atoms with E-state index in [2.05, 4.69) is 4.99 Å². The molecule has 0 unspecified atom stereocenters. The Morgan fingerprint density at radius 2 is 1.92 bits per heavy atom. The van der Waals surface area contributed by atoms with Crippen molar-refractivity contribution in [3.8, 4) is 17.1 Å². The Hall–Kier alpha value is -3.59. The number of carbonyl (C=O) groups excluding carboxylic acids is 1. The van der Waals surface area contributed by atoms with E-state index in [9.17, 15) is 9.59 Å². The minimum absolute atomic E-state index is 0.192. The highest BCUT2D eigenvalue weighted by Crippen LogP contribution is 2.36. The summed E-state index contributed by atoms with van der Waals surface area (Å²) in [5.41, 5.74) is 1.77. The molecule has 2 aromatic heterocycles. The van der Waals surface area contributed by atoms with Crippen molar-refractivity contribution < 1.29 is 18.7 Å². The van der Waals surface area contributed by atoms with E-state index in [0.29, 0.717) is 65.7 Å². The number of hydrogen-bond donors (Lipinski definition) is 0. The molecule has 0 saturated heterocycles. The van der Waals surface area contributed by atoms with Gasteiger partial charge in [0.2, 0.25) is 0 Å². The summed E-state index contributed by atoms with van der Waals surface area (Å²) in [6.45, 7) is 5.97. The Kier molecular flexibility index (Phi) is 7.79. The molecule has 7 nitrogen and oxygen atoms in total. The van der Waals surface area contributed by atoms with Crippen molar-refractivity contribution in [2.24, 2.45) is 4.99 Å². The number of allylic oxidation sites excluding steroid dienone is 1. The second kappa shape index (κ2) is 11.3. The number of esters is 1. The number of ether oxygens (including phenoxy) is 2. The maximum absolute atomic E-state index is 13.9. The van der Waals surface area contributed by atoms with Gasteiger partial charge in [-0.3, -0.25) is 9.36 Å². The first-order valence-corrected chi connectivity index (χ1v) is 13.9. The van der Waals surface area contributed by atoms with Gasteiger partial charge < -0.3 is 13.9 Å². The van der Waals surface area contributed by atoms with Crippen LogP contribution < -0.4 is 19.6 Å². The number of aromatic nitrogens is 1. The first-order valence-electron chi connectivity index (χ1n) is 12.3. The summed E-state index contributed by atoms with van der Waals surface area (Å²) in [5.74, 6) is 1.02. The molecule has 0 bridgehead atoms. The largest absolute Gasteiger partial charge is 0.494 e. The highest BCUT2D eigenvalue weighted by atomic mass is 35.5. The lowest BCUT2D eigenvalue weighted by molar-refractivity contribution is -0.139. The number of benzene rings is 2. The van der Waals surface area contributed by atoms with Gasteiger partial charge in [0, 0.05) is 22.2 Å². The zero-order valence-electron chi connectivity index (χ0n) is 21.4. The van der Waals surface area contributed by atoms with Gasteiger partial charge in [-0.25, -0.2) is 9.79 Å². The van der Waals surface area contributed by atoms with Gasteiger partial charge in [0.1, 0.15) is 23.3 Å². The lowest BCUT2D eigenvalue weighted by Crippen LogP contribution is -2.40. The maximum atomic E-state index is 13.9. The van der Waals surface area contributed by atoms with Crippen LogP contribution in [0.25, 0.3) is 17.4 Å². The third-order valence-corrected chi connectivity index (χ3v) is 7.67. The standard InChI is InChI=1S/C29H24Cl2N2O5S/c1-4-36-22-9-7-6-8-19(22)26-25(28(35)37-5-2)16(3)32-29-33(26)27(34)24(39-29)15-18-11-13-23(38-18)20-14-17(30)10-12-21(20)31/h6-15,26H,4-5H2,1-3H3/b24-15-/t26-/m1/s1. The molecule has 200 valence electrons. The predicted octanol–water partition coefficient (Wildman–Crippen LogP) is 5.76. The van der Waals surface area contributed by atoms with E-state index in [1.165, 1.54) is 15.9 Å². The molecule has 0 aliphatic carbocycles. The fourth-order valence-corrected chi connectivity index (χ4v) is 5.88. The van der Waals surface area contributed by atoms with Crippen LogP contribution in [0.2, 0.25) is 10.0 Å². The van der Waals surface area contributed by atoms with Crippen LogP contribution in [-0.2, 0) is 9.53 Å². The van der Waals surface area contributed by atoms with Crippen molar-refractivity contribution in [1.82, 2.24) is 4.57 Å². The fraction of sp³-hybridized carbons (Fsp3) is 0.207. The minimum Gasteiger partial charge on any atom is -0.494 e. The van der Waals surface area contributed by atoms with Crippen LogP contribution >= 0.6 is 34.5 Å². The lowest BCUT2D eigenvalue weighted by atomic mass is 9.95. The Labute approximate surface area is 238 Å². The SMILES string of the molecule is CCOC(=O)C1=C(C)N=c2s/c(=C\c3ccc(-c4cc(Cl)ccc4Cl)o3)c(=O)n2[C@@H]1c1ccccc1OCC. The van der Waals surface area contributed by atoms with Gasteiger partial charge in [-0.2, -0.15) is 0 Å². The third kappa shape index (κ3) is 5.20. The van der Waals surface area contributed by atoms with E-state index in [0.717, 1.165) is 0 Å². The van der Waals surface area contributed by atoms with Crippen molar-refractivity contribution in [3.63, 3.8) is 0 Å². The Balaban J connectivity index is 1.67. The molecule has 0 N–H and O–H groups in total. The highest BCUT2D eigenvalue weighted by Gasteiger charge is 2.35. The number of fused-ring (bicyclic) bond motifs is 1. The molecule has 0 spiro atoms.